The zero-order valence-electron chi connectivity index (χ0n) is 17.6. The maximum Gasteiger partial charge on any atom is 0.410 e. The molecule has 1 aliphatic heterocycles. The molecule has 0 atom stereocenters. The van der Waals surface area contributed by atoms with Crippen molar-refractivity contribution in [2.45, 2.75) is 30.9 Å². The normalized spacial score (nSPS) is 15.2. The van der Waals surface area contributed by atoms with Crippen molar-refractivity contribution in [3.63, 3.8) is 0 Å². The fourth-order valence-corrected chi connectivity index (χ4v) is 3.62. The maximum atomic E-state index is 13.2. The number of hydrogen-bond acceptors (Lipinski definition) is 6. The van der Waals surface area contributed by atoms with Crippen LogP contribution in [0.1, 0.15) is 29.6 Å². The van der Waals surface area contributed by atoms with Gasteiger partial charge in [-0.15, -0.1) is 0 Å². The van der Waals surface area contributed by atoms with Crippen molar-refractivity contribution in [1.29, 1.82) is 5.26 Å². The van der Waals surface area contributed by atoms with E-state index in [0.717, 1.165) is 0 Å². The number of nitrogens with one attached hydrogen (secondary N) is 1. The Kier molecular flexibility index (Phi) is 7.42. The zero-order chi connectivity index (χ0) is 24.0. The first-order valence-corrected chi connectivity index (χ1v) is 10.2. The van der Waals surface area contributed by atoms with Gasteiger partial charge in [0, 0.05) is 25.0 Å². The molecule has 176 valence electrons. The molecular formula is C21H23F3N6O3. The van der Waals surface area contributed by atoms with Gasteiger partial charge in [-0.1, -0.05) is 0 Å². The lowest BCUT2D eigenvalue weighted by Crippen LogP contribution is -2.49. The summed E-state index contributed by atoms with van der Waals surface area (Å²) in [6.45, 7) is -1.94. The van der Waals surface area contributed by atoms with Crippen molar-refractivity contribution in [3.8, 4) is 6.07 Å². The van der Waals surface area contributed by atoms with Crippen molar-refractivity contribution < 1.29 is 27.5 Å². The van der Waals surface area contributed by atoms with E-state index < -0.39 is 42.8 Å². The third kappa shape index (κ3) is 5.36. The average molecular weight is 464 g/mol. The van der Waals surface area contributed by atoms with Gasteiger partial charge in [0.2, 0.25) is 0 Å². The van der Waals surface area contributed by atoms with Crippen LogP contribution in [0.4, 0.5) is 29.5 Å². The van der Waals surface area contributed by atoms with Gasteiger partial charge in [-0.25, -0.2) is 18.0 Å². The number of nitrogens with zero attached hydrogens (tertiary/aromatic N) is 4. The zero-order valence-corrected chi connectivity index (χ0v) is 17.6. The van der Waals surface area contributed by atoms with E-state index in [0.29, 0.717) is 5.69 Å². The van der Waals surface area contributed by atoms with Crippen LogP contribution in [-0.2, 0) is 10.3 Å². The lowest BCUT2D eigenvalue weighted by molar-refractivity contribution is 0.0228. The highest BCUT2D eigenvalue weighted by molar-refractivity contribution is 5.98. The monoisotopic (exact) mass is 464 g/mol. The third-order valence-electron chi connectivity index (χ3n) is 5.54. The molecule has 1 aliphatic rings. The SMILES string of the molecule is N#CCC1(n2cc(C(N)=O)c(Nc3ccc(F)cc3)n2)CCN(C(=O)OC(CF)CF)CC1. The first-order chi connectivity index (χ1) is 15.8. The molecule has 0 spiro atoms. The molecule has 12 heteroatoms. The fraction of sp³-hybridized carbons (Fsp3) is 0.429. The quantitative estimate of drug-likeness (QED) is 0.619. The molecule has 2 aromatic rings. The number of aromatic nitrogens is 2. The number of nitriles is 1. The molecule has 0 aliphatic carbocycles. The molecule has 1 saturated heterocycles. The Labute approximate surface area is 187 Å². The molecule has 0 radical (unpaired) electrons. The van der Waals surface area contributed by atoms with Crippen molar-refractivity contribution >= 4 is 23.5 Å². The lowest BCUT2D eigenvalue weighted by atomic mass is 9.85. The molecular weight excluding hydrogens is 441 g/mol. The summed E-state index contributed by atoms with van der Waals surface area (Å²) in [5.74, 6) is -1.03. The minimum absolute atomic E-state index is 0.0311. The Morgan fingerprint density at radius 3 is 2.42 bits per heavy atom. The van der Waals surface area contributed by atoms with Crippen molar-refractivity contribution in [3.05, 3.63) is 41.8 Å². The van der Waals surface area contributed by atoms with Crippen LogP contribution in [0.25, 0.3) is 0 Å². The van der Waals surface area contributed by atoms with E-state index in [9.17, 15) is 28.0 Å². The minimum Gasteiger partial charge on any atom is -0.441 e. The highest BCUT2D eigenvalue weighted by atomic mass is 19.1. The number of piperidine rings is 1. The Bertz CT molecular complexity index is 1020. The molecule has 2 amide bonds. The number of carbonyl (C=O) groups is 2. The molecule has 1 aromatic heterocycles. The van der Waals surface area contributed by atoms with Crippen LogP contribution in [0.2, 0.25) is 0 Å². The molecule has 33 heavy (non-hydrogen) atoms. The van der Waals surface area contributed by atoms with E-state index in [2.05, 4.69) is 16.5 Å². The molecule has 3 N–H and O–H groups in total. The second kappa shape index (κ2) is 10.2. The Hall–Kier alpha value is -3.75. The summed E-state index contributed by atoms with van der Waals surface area (Å²) in [5.41, 5.74) is 5.20. The van der Waals surface area contributed by atoms with E-state index in [-0.39, 0.29) is 43.7 Å². The van der Waals surface area contributed by atoms with Gasteiger partial charge in [-0.05, 0) is 37.1 Å². The van der Waals surface area contributed by atoms with Crippen molar-refractivity contribution in [2.75, 3.05) is 31.8 Å². The summed E-state index contributed by atoms with van der Waals surface area (Å²) in [4.78, 5) is 25.5. The van der Waals surface area contributed by atoms with Gasteiger partial charge in [0.25, 0.3) is 5.91 Å². The van der Waals surface area contributed by atoms with Gasteiger partial charge < -0.3 is 20.7 Å². The molecule has 3 rings (SSSR count). The number of rotatable bonds is 8. The van der Waals surface area contributed by atoms with Gasteiger partial charge in [0.1, 0.15) is 24.7 Å². The highest BCUT2D eigenvalue weighted by Crippen LogP contribution is 2.35. The van der Waals surface area contributed by atoms with E-state index >= 15 is 0 Å². The molecule has 1 aromatic carbocycles. The number of ether oxygens (including phenoxy) is 1. The number of primary amides is 1. The maximum absolute atomic E-state index is 13.2. The minimum atomic E-state index is -1.45. The van der Waals surface area contributed by atoms with Crippen molar-refractivity contribution in [1.82, 2.24) is 14.7 Å². The fourth-order valence-electron chi connectivity index (χ4n) is 3.62. The predicted molar refractivity (Wildman–Crippen MR) is 112 cm³/mol. The van der Waals surface area contributed by atoms with Crippen molar-refractivity contribution in [2.24, 2.45) is 5.73 Å². The summed E-state index contributed by atoms with van der Waals surface area (Å²) in [7, 11) is 0. The number of halogens is 3. The summed E-state index contributed by atoms with van der Waals surface area (Å²) in [6, 6.07) is 7.53. The number of anilines is 2. The standard InChI is InChI=1S/C21H23F3N6O3/c22-11-16(12-23)33-20(32)29-9-6-21(5-8-25,7-10-29)30-13-17(18(26)31)19(28-30)27-15-3-1-14(24)2-4-15/h1-4,13,16H,5-7,9-12H2,(H2,26,31)(H,27,28). The summed E-state index contributed by atoms with van der Waals surface area (Å²) in [5, 5.41) is 16.8. The largest absolute Gasteiger partial charge is 0.441 e. The average Bonchev–Trinajstić information content (AvgIpc) is 3.24. The number of hydrogen-bond donors (Lipinski definition) is 2. The van der Waals surface area contributed by atoms with E-state index in [4.69, 9.17) is 10.5 Å². The van der Waals surface area contributed by atoms with Crippen LogP contribution in [0.3, 0.4) is 0 Å². The van der Waals surface area contributed by atoms with Crippen LogP contribution in [0.15, 0.2) is 30.5 Å². The summed E-state index contributed by atoms with van der Waals surface area (Å²) in [6.07, 6.45) is -0.265. The molecule has 1 fully saturated rings. The number of likely N-dealkylation sites (tertiary alicyclic amines) is 1. The van der Waals surface area contributed by atoms with E-state index in [1.807, 2.05) is 0 Å². The van der Waals surface area contributed by atoms with Gasteiger partial charge in [0.15, 0.2) is 11.9 Å². The van der Waals surface area contributed by atoms with Gasteiger partial charge in [-0.3, -0.25) is 9.48 Å². The lowest BCUT2D eigenvalue weighted by Gasteiger charge is -2.40. The molecule has 0 saturated carbocycles. The van der Waals surface area contributed by atoms with Crippen LogP contribution in [-0.4, -0.2) is 59.2 Å². The van der Waals surface area contributed by atoms with Gasteiger partial charge in [-0.2, -0.15) is 10.4 Å². The van der Waals surface area contributed by atoms with Crippen LogP contribution in [0, 0.1) is 17.1 Å². The Balaban J connectivity index is 1.82. The molecule has 9 nitrogen and oxygen atoms in total. The number of amides is 2. The van der Waals surface area contributed by atoms with Crippen LogP contribution < -0.4 is 11.1 Å². The topological polar surface area (TPSA) is 126 Å². The third-order valence-corrected chi connectivity index (χ3v) is 5.54. The van der Waals surface area contributed by atoms with Gasteiger partial charge >= 0.3 is 6.09 Å². The van der Waals surface area contributed by atoms with Crippen LogP contribution in [0.5, 0.6) is 0 Å². The van der Waals surface area contributed by atoms with E-state index in [1.165, 1.54) is 40.0 Å². The number of nitrogens with two attached hydrogens (primary N) is 1. The number of carbonyl (C=O) groups excluding carboxylic acids is 2. The van der Waals surface area contributed by atoms with E-state index in [1.54, 1.807) is 0 Å². The second-order valence-corrected chi connectivity index (χ2v) is 7.69. The number of benzene rings is 1. The predicted octanol–water partition coefficient (Wildman–Crippen LogP) is 3.01. The first-order valence-electron chi connectivity index (χ1n) is 10.2. The molecule has 0 bridgehead atoms. The summed E-state index contributed by atoms with van der Waals surface area (Å²) >= 11 is 0. The summed E-state index contributed by atoms with van der Waals surface area (Å²) < 4.78 is 44.8. The Morgan fingerprint density at radius 1 is 1.24 bits per heavy atom. The van der Waals surface area contributed by atoms with Crippen LogP contribution >= 0.6 is 0 Å². The number of alkyl halides is 2. The molecule has 2 heterocycles. The highest BCUT2D eigenvalue weighted by Gasteiger charge is 2.40. The second-order valence-electron chi connectivity index (χ2n) is 7.69. The smallest absolute Gasteiger partial charge is 0.410 e. The molecule has 0 unspecified atom stereocenters. The van der Waals surface area contributed by atoms with Gasteiger partial charge in [0.05, 0.1) is 18.0 Å². The first kappa shape index (κ1) is 23.9. The Morgan fingerprint density at radius 2 is 1.88 bits per heavy atom.